The number of nitrogens with zero attached hydrogens (tertiary/aromatic N) is 1. The fraction of sp³-hybridized carbons (Fsp3) is 0.333. The first-order chi connectivity index (χ1) is 12.4. The molecule has 0 radical (unpaired) electrons. The van der Waals surface area contributed by atoms with Crippen LogP contribution in [0.5, 0.6) is 5.75 Å². The molecule has 0 aliphatic carbocycles. The summed E-state index contributed by atoms with van der Waals surface area (Å²) in [6.07, 6.45) is 0. The predicted octanol–water partition coefficient (Wildman–Crippen LogP) is 3.60. The van der Waals surface area contributed by atoms with Crippen LogP contribution in [0, 0.1) is 0 Å². The number of benzene rings is 2. The third kappa shape index (κ3) is 4.85. The van der Waals surface area contributed by atoms with E-state index in [-0.39, 0.29) is 11.8 Å². The van der Waals surface area contributed by atoms with Crippen molar-refractivity contribution in [3.05, 3.63) is 59.7 Å². The average molecular weight is 354 g/mol. The van der Waals surface area contributed by atoms with E-state index in [9.17, 15) is 9.59 Å². The zero-order valence-corrected chi connectivity index (χ0v) is 15.8. The van der Waals surface area contributed by atoms with Crippen molar-refractivity contribution in [2.45, 2.75) is 26.7 Å². The van der Waals surface area contributed by atoms with Crippen molar-refractivity contribution in [1.82, 2.24) is 5.32 Å². The summed E-state index contributed by atoms with van der Waals surface area (Å²) >= 11 is 0. The Morgan fingerprint density at radius 3 is 2.31 bits per heavy atom. The van der Waals surface area contributed by atoms with Gasteiger partial charge in [-0.1, -0.05) is 32.0 Å². The van der Waals surface area contributed by atoms with E-state index in [4.69, 9.17) is 4.74 Å². The highest BCUT2D eigenvalue weighted by Crippen LogP contribution is 2.27. The molecule has 2 rings (SSSR count). The van der Waals surface area contributed by atoms with Gasteiger partial charge in [0.05, 0.1) is 7.11 Å². The van der Waals surface area contributed by atoms with Crippen molar-refractivity contribution in [3.8, 4) is 5.75 Å². The first-order valence-electron chi connectivity index (χ1n) is 8.73. The molecule has 0 unspecified atom stereocenters. The summed E-state index contributed by atoms with van der Waals surface area (Å²) in [6, 6.07) is 14.8. The van der Waals surface area contributed by atoms with E-state index in [1.807, 2.05) is 24.3 Å². The minimum absolute atomic E-state index is 0.0446. The minimum atomic E-state index is -0.173. The summed E-state index contributed by atoms with van der Waals surface area (Å²) < 4.78 is 5.09. The van der Waals surface area contributed by atoms with E-state index in [0.29, 0.717) is 30.3 Å². The zero-order chi connectivity index (χ0) is 19.1. The molecule has 0 aliphatic rings. The zero-order valence-electron chi connectivity index (χ0n) is 15.8. The topological polar surface area (TPSA) is 58.6 Å². The van der Waals surface area contributed by atoms with Gasteiger partial charge in [0, 0.05) is 31.3 Å². The van der Waals surface area contributed by atoms with Crippen LogP contribution in [0.15, 0.2) is 48.5 Å². The van der Waals surface area contributed by atoms with Crippen molar-refractivity contribution >= 4 is 17.5 Å². The molecule has 0 saturated heterocycles. The van der Waals surface area contributed by atoms with Gasteiger partial charge in [-0.05, 0) is 41.8 Å². The quantitative estimate of drug-likeness (QED) is 0.826. The van der Waals surface area contributed by atoms with Gasteiger partial charge in [-0.3, -0.25) is 9.59 Å². The number of amides is 2. The molecule has 2 aromatic rings. The van der Waals surface area contributed by atoms with E-state index in [2.05, 4.69) is 19.2 Å². The highest BCUT2D eigenvalue weighted by Gasteiger charge is 2.17. The Morgan fingerprint density at radius 1 is 1.08 bits per heavy atom. The van der Waals surface area contributed by atoms with E-state index in [1.54, 1.807) is 43.2 Å². The van der Waals surface area contributed by atoms with E-state index in [0.717, 1.165) is 11.3 Å². The molecule has 0 atom stereocenters. The minimum Gasteiger partial charge on any atom is -0.497 e. The number of ether oxygens (including phenoxy) is 1. The van der Waals surface area contributed by atoms with Crippen LogP contribution in [0.4, 0.5) is 5.69 Å². The summed E-state index contributed by atoms with van der Waals surface area (Å²) in [5.41, 5.74) is 2.57. The van der Waals surface area contributed by atoms with Crippen LogP contribution >= 0.6 is 0 Å². The Bertz CT molecular complexity index is 754. The lowest BCUT2D eigenvalue weighted by Crippen LogP contribution is -2.38. The summed E-state index contributed by atoms with van der Waals surface area (Å²) in [7, 11) is 1.58. The average Bonchev–Trinajstić information content (AvgIpc) is 2.64. The highest BCUT2D eigenvalue weighted by molar-refractivity contribution is 5.95. The summed E-state index contributed by atoms with van der Waals surface area (Å²) in [5, 5.41) is 2.87. The summed E-state index contributed by atoms with van der Waals surface area (Å²) in [4.78, 5) is 26.1. The van der Waals surface area contributed by atoms with Crippen LogP contribution in [0.3, 0.4) is 0 Å². The lowest BCUT2D eigenvalue weighted by atomic mass is 10.0. The number of methoxy groups -OCH3 is 1. The molecule has 5 heteroatoms. The summed E-state index contributed by atoms with van der Waals surface area (Å²) in [5.74, 6) is 0.793. The Balaban J connectivity index is 2.03. The van der Waals surface area contributed by atoms with Gasteiger partial charge in [-0.2, -0.15) is 0 Å². The standard InChI is InChI=1S/C21H26N2O3/c1-15(2)19-7-5-6-8-20(19)23(16(3)24)14-13-22-21(25)17-9-11-18(26-4)12-10-17/h5-12,15H,13-14H2,1-4H3,(H,22,25). The molecule has 26 heavy (non-hydrogen) atoms. The maximum Gasteiger partial charge on any atom is 0.251 e. The molecule has 0 fully saturated rings. The van der Waals surface area contributed by atoms with Crippen LogP contribution < -0.4 is 15.0 Å². The number of hydrogen-bond donors (Lipinski definition) is 1. The molecule has 0 bridgehead atoms. The van der Waals surface area contributed by atoms with Gasteiger partial charge in [0.1, 0.15) is 5.75 Å². The first-order valence-corrected chi connectivity index (χ1v) is 8.73. The molecule has 0 heterocycles. The van der Waals surface area contributed by atoms with Gasteiger partial charge in [-0.25, -0.2) is 0 Å². The smallest absolute Gasteiger partial charge is 0.251 e. The lowest BCUT2D eigenvalue weighted by Gasteiger charge is -2.25. The van der Waals surface area contributed by atoms with Crippen molar-refractivity contribution in [3.63, 3.8) is 0 Å². The second-order valence-corrected chi connectivity index (χ2v) is 6.37. The molecule has 138 valence electrons. The van der Waals surface area contributed by atoms with Crippen molar-refractivity contribution in [1.29, 1.82) is 0 Å². The number of para-hydroxylation sites is 1. The first kappa shape index (κ1) is 19.5. The SMILES string of the molecule is COc1ccc(C(=O)NCCN(C(C)=O)c2ccccc2C(C)C)cc1. The fourth-order valence-electron chi connectivity index (χ4n) is 2.79. The third-order valence-corrected chi connectivity index (χ3v) is 4.20. The monoisotopic (exact) mass is 354 g/mol. The number of carbonyl (C=O) groups excluding carboxylic acids is 2. The Kier molecular flexibility index (Phi) is 6.78. The van der Waals surface area contributed by atoms with Gasteiger partial charge >= 0.3 is 0 Å². The van der Waals surface area contributed by atoms with Gasteiger partial charge in [0.15, 0.2) is 0 Å². The van der Waals surface area contributed by atoms with Gasteiger partial charge < -0.3 is 15.0 Å². The molecule has 5 nitrogen and oxygen atoms in total. The molecule has 2 amide bonds. The van der Waals surface area contributed by atoms with Crippen molar-refractivity contribution in [2.75, 3.05) is 25.1 Å². The molecule has 1 N–H and O–H groups in total. The maximum atomic E-state index is 12.3. The second kappa shape index (κ2) is 9.04. The van der Waals surface area contributed by atoms with Crippen LogP contribution in [0.2, 0.25) is 0 Å². The number of carbonyl (C=O) groups is 2. The van der Waals surface area contributed by atoms with Crippen molar-refractivity contribution < 1.29 is 14.3 Å². The Morgan fingerprint density at radius 2 is 1.73 bits per heavy atom. The maximum absolute atomic E-state index is 12.3. The molecule has 0 aliphatic heterocycles. The largest absolute Gasteiger partial charge is 0.497 e. The normalized spacial score (nSPS) is 10.5. The summed E-state index contributed by atoms with van der Waals surface area (Å²) in [6.45, 7) is 6.53. The molecular formula is C21H26N2O3. The van der Waals surface area contributed by atoms with Crippen LogP contribution in [-0.2, 0) is 4.79 Å². The molecular weight excluding hydrogens is 328 g/mol. The number of rotatable bonds is 7. The fourth-order valence-corrected chi connectivity index (χ4v) is 2.79. The van der Waals surface area contributed by atoms with E-state index < -0.39 is 0 Å². The highest BCUT2D eigenvalue weighted by atomic mass is 16.5. The number of anilines is 1. The number of hydrogen-bond acceptors (Lipinski definition) is 3. The molecule has 0 saturated carbocycles. The molecule has 0 spiro atoms. The van der Waals surface area contributed by atoms with Crippen molar-refractivity contribution in [2.24, 2.45) is 0 Å². The van der Waals surface area contributed by atoms with Gasteiger partial charge in [-0.15, -0.1) is 0 Å². The predicted molar refractivity (Wildman–Crippen MR) is 104 cm³/mol. The van der Waals surface area contributed by atoms with E-state index in [1.165, 1.54) is 0 Å². The Labute approximate surface area is 155 Å². The van der Waals surface area contributed by atoms with E-state index >= 15 is 0 Å². The molecule has 2 aromatic carbocycles. The van der Waals surface area contributed by atoms with Crippen LogP contribution in [-0.4, -0.2) is 32.0 Å². The second-order valence-electron chi connectivity index (χ2n) is 6.37. The van der Waals surface area contributed by atoms with Gasteiger partial charge in [0.25, 0.3) is 5.91 Å². The third-order valence-electron chi connectivity index (χ3n) is 4.20. The lowest BCUT2D eigenvalue weighted by molar-refractivity contribution is -0.116. The van der Waals surface area contributed by atoms with Crippen LogP contribution in [0.1, 0.15) is 42.6 Å². The van der Waals surface area contributed by atoms with Gasteiger partial charge in [0.2, 0.25) is 5.91 Å². The number of nitrogens with one attached hydrogen (secondary N) is 1. The molecule has 0 aromatic heterocycles. The van der Waals surface area contributed by atoms with Crippen LogP contribution in [0.25, 0.3) is 0 Å². The Hall–Kier alpha value is -2.82.